The maximum absolute atomic E-state index is 6.16. The van der Waals surface area contributed by atoms with Gasteiger partial charge in [0.1, 0.15) is 0 Å². The van der Waals surface area contributed by atoms with Gasteiger partial charge in [-0.1, -0.05) is 6.07 Å². The molecule has 1 aromatic carbocycles. The Morgan fingerprint density at radius 3 is 2.41 bits per heavy atom. The van der Waals surface area contributed by atoms with Gasteiger partial charge in [0.05, 0.1) is 13.2 Å². The van der Waals surface area contributed by atoms with E-state index in [1.807, 2.05) is 18.5 Å². The van der Waals surface area contributed by atoms with Gasteiger partial charge >= 0.3 is 0 Å². The van der Waals surface area contributed by atoms with Gasteiger partial charge in [-0.3, -0.25) is 4.98 Å². The van der Waals surface area contributed by atoms with Crippen molar-refractivity contribution in [3.63, 3.8) is 0 Å². The van der Waals surface area contributed by atoms with Gasteiger partial charge in [-0.25, -0.2) is 0 Å². The summed E-state index contributed by atoms with van der Waals surface area (Å²) in [6, 6.07) is 10.4. The topological polar surface area (TPSA) is 31.4 Å². The number of ether oxygens (including phenoxy) is 2. The summed E-state index contributed by atoms with van der Waals surface area (Å²) in [6.07, 6.45) is 10.9. The first-order chi connectivity index (χ1) is 10.8. The van der Waals surface area contributed by atoms with E-state index in [-0.39, 0.29) is 0 Å². The Labute approximate surface area is 132 Å². The summed E-state index contributed by atoms with van der Waals surface area (Å²) in [4.78, 5) is 4.06. The molecule has 1 aromatic heterocycles. The largest absolute Gasteiger partial charge is 0.493 e. The number of benzene rings is 1. The Hall–Kier alpha value is -2.03. The first-order valence-corrected chi connectivity index (χ1v) is 8.07. The lowest BCUT2D eigenvalue weighted by molar-refractivity contribution is 0.200. The summed E-state index contributed by atoms with van der Waals surface area (Å²) in [7, 11) is 1.70. The normalized spacial score (nSPS) is 15.0. The third-order valence-electron chi connectivity index (χ3n) is 4.28. The number of nitrogens with zero attached hydrogens (tertiary/aromatic N) is 1. The van der Waals surface area contributed by atoms with E-state index in [0.29, 0.717) is 6.10 Å². The van der Waals surface area contributed by atoms with Crippen molar-refractivity contribution in [2.75, 3.05) is 7.11 Å². The summed E-state index contributed by atoms with van der Waals surface area (Å²) >= 11 is 0. The minimum Gasteiger partial charge on any atom is -0.493 e. The maximum atomic E-state index is 6.16. The van der Waals surface area contributed by atoms with Crippen LogP contribution in [0.5, 0.6) is 11.5 Å². The van der Waals surface area contributed by atoms with Crippen molar-refractivity contribution in [3.05, 3.63) is 53.9 Å². The van der Waals surface area contributed by atoms with Gasteiger partial charge in [0.15, 0.2) is 11.5 Å². The van der Waals surface area contributed by atoms with Gasteiger partial charge in [-0.15, -0.1) is 0 Å². The van der Waals surface area contributed by atoms with Gasteiger partial charge in [0, 0.05) is 12.4 Å². The average Bonchev–Trinajstić information content (AvgIpc) is 3.07. The second-order valence-electron chi connectivity index (χ2n) is 5.86. The fraction of sp³-hybridized carbons (Fsp3) is 0.421. The quantitative estimate of drug-likeness (QED) is 0.801. The molecule has 1 saturated carbocycles. The van der Waals surface area contributed by atoms with Gasteiger partial charge in [0.2, 0.25) is 0 Å². The third kappa shape index (κ3) is 3.79. The average molecular weight is 297 g/mol. The number of rotatable bonds is 6. The number of methoxy groups -OCH3 is 1. The van der Waals surface area contributed by atoms with Crippen molar-refractivity contribution in [2.24, 2.45) is 0 Å². The molecule has 22 heavy (non-hydrogen) atoms. The Bertz CT molecular complexity index is 592. The van der Waals surface area contributed by atoms with E-state index in [2.05, 4.69) is 29.2 Å². The zero-order chi connectivity index (χ0) is 15.2. The fourth-order valence-corrected chi connectivity index (χ4v) is 2.99. The minimum absolute atomic E-state index is 0.351. The van der Waals surface area contributed by atoms with E-state index in [0.717, 1.165) is 37.2 Å². The number of aromatic nitrogens is 1. The van der Waals surface area contributed by atoms with E-state index < -0.39 is 0 Å². The molecule has 1 heterocycles. The highest BCUT2D eigenvalue weighted by Gasteiger charge is 2.18. The van der Waals surface area contributed by atoms with Crippen LogP contribution in [0.2, 0.25) is 0 Å². The van der Waals surface area contributed by atoms with Crippen LogP contribution in [0.3, 0.4) is 0 Å². The van der Waals surface area contributed by atoms with Crippen molar-refractivity contribution < 1.29 is 9.47 Å². The van der Waals surface area contributed by atoms with E-state index in [9.17, 15) is 0 Å². The molecule has 116 valence electrons. The standard InChI is InChI=1S/C19H23NO2/c1-21-18-9-8-16(7-6-15-10-12-20-13-11-15)14-19(18)22-17-4-2-3-5-17/h8-14,17H,2-7H2,1H3. The highest BCUT2D eigenvalue weighted by Crippen LogP contribution is 2.32. The molecule has 0 aliphatic heterocycles. The van der Waals surface area contributed by atoms with Crippen molar-refractivity contribution in [1.82, 2.24) is 4.98 Å². The minimum atomic E-state index is 0.351. The smallest absolute Gasteiger partial charge is 0.161 e. The maximum Gasteiger partial charge on any atom is 0.161 e. The molecule has 3 nitrogen and oxygen atoms in total. The van der Waals surface area contributed by atoms with Crippen molar-refractivity contribution in [1.29, 1.82) is 0 Å². The second kappa shape index (κ2) is 7.30. The zero-order valence-corrected chi connectivity index (χ0v) is 13.1. The van der Waals surface area contributed by atoms with Crippen molar-refractivity contribution >= 4 is 0 Å². The van der Waals surface area contributed by atoms with E-state index in [1.165, 1.54) is 24.0 Å². The Kier molecular flexibility index (Phi) is 4.94. The Balaban J connectivity index is 1.69. The zero-order valence-electron chi connectivity index (χ0n) is 13.1. The highest BCUT2D eigenvalue weighted by molar-refractivity contribution is 5.43. The first kappa shape index (κ1) is 14.9. The second-order valence-corrected chi connectivity index (χ2v) is 5.86. The van der Waals surface area contributed by atoms with Gasteiger partial charge in [0.25, 0.3) is 0 Å². The number of hydrogen-bond acceptors (Lipinski definition) is 3. The predicted octanol–water partition coefficient (Wildman–Crippen LogP) is 4.20. The number of aryl methyl sites for hydroxylation is 2. The number of hydrogen-bond donors (Lipinski definition) is 0. The van der Waals surface area contributed by atoms with Crippen LogP contribution in [0, 0.1) is 0 Å². The lowest BCUT2D eigenvalue weighted by atomic mass is 10.0. The van der Waals surface area contributed by atoms with Gasteiger partial charge in [-0.05, 0) is 73.9 Å². The molecule has 2 aromatic rings. The monoisotopic (exact) mass is 297 g/mol. The van der Waals surface area contributed by atoms with E-state index >= 15 is 0 Å². The predicted molar refractivity (Wildman–Crippen MR) is 87.5 cm³/mol. The van der Waals surface area contributed by atoms with Crippen LogP contribution in [0.25, 0.3) is 0 Å². The molecular formula is C19H23NO2. The molecule has 1 fully saturated rings. The molecular weight excluding hydrogens is 274 g/mol. The molecule has 0 saturated heterocycles. The van der Waals surface area contributed by atoms with Crippen LogP contribution in [-0.4, -0.2) is 18.2 Å². The summed E-state index contributed by atoms with van der Waals surface area (Å²) < 4.78 is 11.6. The van der Waals surface area contributed by atoms with Crippen LogP contribution in [0.4, 0.5) is 0 Å². The van der Waals surface area contributed by atoms with Gasteiger partial charge in [-0.2, -0.15) is 0 Å². The Morgan fingerprint density at radius 2 is 1.68 bits per heavy atom. The number of pyridine rings is 1. The van der Waals surface area contributed by atoms with Crippen LogP contribution < -0.4 is 9.47 Å². The molecule has 0 amide bonds. The highest BCUT2D eigenvalue weighted by atomic mass is 16.5. The summed E-state index contributed by atoms with van der Waals surface area (Å²) in [5, 5.41) is 0. The molecule has 1 aliphatic carbocycles. The molecule has 1 aliphatic rings. The van der Waals surface area contributed by atoms with Crippen LogP contribution >= 0.6 is 0 Å². The molecule has 0 bridgehead atoms. The molecule has 0 N–H and O–H groups in total. The fourth-order valence-electron chi connectivity index (χ4n) is 2.99. The van der Waals surface area contributed by atoms with Crippen LogP contribution in [-0.2, 0) is 12.8 Å². The van der Waals surface area contributed by atoms with Crippen molar-refractivity contribution in [3.8, 4) is 11.5 Å². The lowest BCUT2D eigenvalue weighted by Gasteiger charge is -2.17. The molecule has 3 heteroatoms. The summed E-state index contributed by atoms with van der Waals surface area (Å²) in [6.45, 7) is 0. The molecule has 3 rings (SSSR count). The molecule has 0 unspecified atom stereocenters. The van der Waals surface area contributed by atoms with Gasteiger partial charge < -0.3 is 9.47 Å². The molecule has 0 atom stereocenters. The summed E-state index contributed by atoms with van der Waals surface area (Å²) in [5.41, 5.74) is 2.59. The van der Waals surface area contributed by atoms with Crippen LogP contribution in [0.15, 0.2) is 42.7 Å². The van der Waals surface area contributed by atoms with Crippen LogP contribution in [0.1, 0.15) is 36.8 Å². The SMILES string of the molecule is COc1ccc(CCc2ccncc2)cc1OC1CCCC1. The van der Waals surface area contributed by atoms with E-state index in [1.54, 1.807) is 7.11 Å². The summed E-state index contributed by atoms with van der Waals surface area (Å²) in [5.74, 6) is 1.72. The lowest BCUT2D eigenvalue weighted by Crippen LogP contribution is -2.11. The molecule has 0 spiro atoms. The Morgan fingerprint density at radius 1 is 0.955 bits per heavy atom. The first-order valence-electron chi connectivity index (χ1n) is 8.07. The van der Waals surface area contributed by atoms with E-state index in [4.69, 9.17) is 9.47 Å². The third-order valence-corrected chi connectivity index (χ3v) is 4.28. The molecule has 0 radical (unpaired) electrons. The van der Waals surface area contributed by atoms with Crippen molar-refractivity contribution in [2.45, 2.75) is 44.6 Å².